The first-order chi connectivity index (χ1) is 13.6. The Kier molecular flexibility index (Phi) is 27.1. The third kappa shape index (κ3) is 22.9. The van der Waals surface area contributed by atoms with E-state index in [9.17, 15) is 47.4 Å². The number of esters is 1. The standard InChI is InChI=1S/C8H18O19P4.4Na/c1-3(9)4(24-28(11,12)13)5(25-29(14,15)16)6(26-30(17,18)19)7(8(10)23-2)27-31(20,21)22;;;;/h4-7H,1-2H3,(H2,11,12,13)(H2,14,15,16)(H2,17,18,19)(H2,20,21,22);;;;/q;4*+1/p-4/t4-,5+,6+,7-;;;;/m0..../s1. The van der Waals surface area contributed by atoms with Gasteiger partial charge in [0.15, 0.2) is 18.0 Å². The number of ether oxygens (including phenoxy) is 1. The topological polar surface area (TPSA) is 322 Å². The van der Waals surface area contributed by atoms with E-state index in [0.717, 1.165) is 0 Å². The summed E-state index contributed by atoms with van der Waals surface area (Å²) >= 11 is 0. The molecule has 0 bridgehead atoms. The summed E-state index contributed by atoms with van der Waals surface area (Å²) in [5, 5.41) is 0. The van der Waals surface area contributed by atoms with Crippen LogP contribution in [-0.2, 0) is 50.7 Å². The molecule has 0 aliphatic rings. The third-order valence-corrected chi connectivity index (χ3v) is 4.76. The van der Waals surface area contributed by atoms with Gasteiger partial charge in [-0.1, -0.05) is 0 Å². The summed E-state index contributed by atoms with van der Waals surface area (Å²) < 4.78 is 63.8. The van der Waals surface area contributed by atoms with E-state index in [1.54, 1.807) is 0 Å². The molecule has 4 unspecified atom stereocenters. The molecule has 0 fully saturated rings. The van der Waals surface area contributed by atoms with Crippen LogP contribution in [0.15, 0.2) is 0 Å². The Labute approximate surface area is 285 Å². The predicted octanol–water partition coefficient (Wildman–Crippen LogP) is -16.9. The number of hydrogen-bond acceptors (Lipinski definition) is 15. The van der Waals surface area contributed by atoms with Crippen molar-refractivity contribution in [3.63, 3.8) is 0 Å². The summed E-state index contributed by atoms with van der Waals surface area (Å²) in [6.45, 7) is 0.426. The van der Waals surface area contributed by atoms with Crippen LogP contribution in [0.1, 0.15) is 6.92 Å². The molecular formula is C8H14Na4O19P4. The molecule has 0 aliphatic carbocycles. The van der Waals surface area contributed by atoms with Crippen LogP contribution in [0.5, 0.6) is 0 Å². The summed E-state index contributed by atoms with van der Waals surface area (Å²) in [5.74, 6) is -3.61. The summed E-state index contributed by atoms with van der Waals surface area (Å²) in [4.78, 5) is 103. The Balaban J connectivity index is -0.000000750. The first-order valence-corrected chi connectivity index (χ1v) is 13.0. The molecule has 0 saturated heterocycles. The Morgan fingerprint density at radius 3 is 1.11 bits per heavy atom. The maximum Gasteiger partial charge on any atom is 1.00 e. The van der Waals surface area contributed by atoms with Gasteiger partial charge in [-0.25, -0.2) is 4.79 Å². The number of phosphoric acid groups is 4. The molecule has 19 nitrogen and oxygen atoms in total. The van der Waals surface area contributed by atoms with E-state index in [-0.39, 0.29) is 118 Å². The van der Waals surface area contributed by atoms with E-state index >= 15 is 0 Å². The van der Waals surface area contributed by atoms with Gasteiger partial charge < -0.3 is 62.0 Å². The van der Waals surface area contributed by atoms with E-state index in [1.165, 1.54) is 0 Å². The quantitative estimate of drug-likeness (QED) is 0.0833. The van der Waals surface area contributed by atoms with Crippen LogP contribution >= 0.6 is 31.3 Å². The van der Waals surface area contributed by atoms with Crippen molar-refractivity contribution in [2.75, 3.05) is 7.11 Å². The van der Waals surface area contributed by atoms with E-state index in [0.29, 0.717) is 14.0 Å². The number of phosphoric ester groups is 4. The van der Waals surface area contributed by atoms with Crippen molar-refractivity contribution in [2.45, 2.75) is 31.3 Å². The zero-order chi connectivity index (χ0) is 25.0. The molecule has 0 spiro atoms. The van der Waals surface area contributed by atoms with Gasteiger partial charge in [0.25, 0.3) is 31.3 Å². The minimum Gasteiger partial charge on any atom is -0.756 e. The summed E-state index contributed by atoms with van der Waals surface area (Å²) in [6.07, 6.45) is -12.5. The Morgan fingerprint density at radius 1 is 0.629 bits per heavy atom. The second-order valence-corrected chi connectivity index (χ2v) is 9.79. The van der Waals surface area contributed by atoms with Gasteiger partial charge in [0.1, 0.15) is 12.2 Å². The second kappa shape index (κ2) is 19.7. The number of hydrogen-bond donors (Lipinski definition) is 4. The van der Waals surface area contributed by atoms with Crippen LogP contribution in [-0.4, -0.2) is 62.9 Å². The second-order valence-electron chi connectivity index (χ2n) is 5.20. The summed E-state index contributed by atoms with van der Waals surface area (Å²) in [5.41, 5.74) is 0. The van der Waals surface area contributed by atoms with Gasteiger partial charge in [-0.05, 0) is 6.92 Å². The molecule has 0 rings (SSSR count). The molecule has 27 heteroatoms. The first-order valence-electron chi connectivity index (χ1n) is 7.03. The molecule has 0 aromatic heterocycles. The maximum absolute atomic E-state index is 11.8. The van der Waals surface area contributed by atoms with Crippen LogP contribution in [0.3, 0.4) is 0 Å². The summed E-state index contributed by atoms with van der Waals surface area (Å²) in [6, 6.07) is 0. The van der Waals surface area contributed by atoms with Crippen molar-refractivity contribution < 1.29 is 208 Å². The zero-order valence-electron chi connectivity index (χ0n) is 19.0. The van der Waals surface area contributed by atoms with E-state index in [1.807, 2.05) is 0 Å². The number of carbonyl (C=O) groups excluding carboxylic acids is 2. The zero-order valence-corrected chi connectivity index (χ0v) is 30.6. The normalized spacial score (nSPS) is 21.0. The third-order valence-electron chi connectivity index (χ3n) is 2.76. The fourth-order valence-electron chi connectivity index (χ4n) is 1.89. The molecule has 0 heterocycles. The molecule has 0 radical (unpaired) electrons. The minimum absolute atomic E-state index is 0. The van der Waals surface area contributed by atoms with Crippen molar-refractivity contribution in [1.82, 2.24) is 0 Å². The van der Waals surface area contributed by atoms with Crippen LogP contribution in [0, 0.1) is 0 Å². The average Bonchev–Trinajstić information content (AvgIpc) is 2.49. The molecule has 0 saturated carbocycles. The van der Waals surface area contributed by atoms with Gasteiger partial charge in [-0.2, -0.15) is 0 Å². The molecule has 0 aliphatic heterocycles. The fraction of sp³-hybridized carbons (Fsp3) is 0.750. The molecular weight excluding hydrogens is 616 g/mol. The van der Waals surface area contributed by atoms with Crippen LogP contribution in [0.25, 0.3) is 0 Å². The molecule has 35 heavy (non-hydrogen) atoms. The van der Waals surface area contributed by atoms with Crippen molar-refractivity contribution >= 4 is 43.0 Å². The number of rotatable bonds is 13. The number of ketones is 1. The Morgan fingerprint density at radius 2 is 0.886 bits per heavy atom. The van der Waals surface area contributed by atoms with Gasteiger partial charge >= 0.3 is 124 Å². The molecule has 0 aromatic rings. The molecule has 184 valence electrons. The number of Topliss-reactive ketones (excluding diaryl/α,β-unsaturated/α-hetero) is 1. The van der Waals surface area contributed by atoms with E-state index < -0.39 is 67.5 Å². The maximum atomic E-state index is 11.8. The Hall–Kier alpha value is 3.58. The number of carbonyl (C=O) groups is 2. The van der Waals surface area contributed by atoms with Crippen LogP contribution < -0.4 is 138 Å². The van der Waals surface area contributed by atoms with Gasteiger partial charge in [-0.15, -0.1) is 0 Å². The molecule has 4 N–H and O–H groups in total. The monoisotopic (exact) mass is 630 g/mol. The SMILES string of the molecule is COC(=O)[C@@H](OP(=O)([O-])O)[C@H](OP(=O)([O-])O)[C@H](OP(=O)([O-])O)[C@@H](OP(=O)([O-])O)C(C)=O.[Na+].[Na+].[Na+].[Na+]. The molecule has 0 amide bonds. The van der Waals surface area contributed by atoms with Gasteiger partial charge in [0.05, 0.1) is 7.11 Å². The largest absolute Gasteiger partial charge is 1.00 e. The minimum atomic E-state index is -6.17. The molecule has 8 atom stereocenters. The van der Waals surface area contributed by atoms with Crippen LogP contribution in [0.2, 0.25) is 0 Å². The van der Waals surface area contributed by atoms with Crippen molar-refractivity contribution in [1.29, 1.82) is 0 Å². The van der Waals surface area contributed by atoms with Crippen molar-refractivity contribution in [2.24, 2.45) is 0 Å². The number of methoxy groups -OCH3 is 1. The van der Waals surface area contributed by atoms with Crippen molar-refractivity contribution in [3.8, 4) is 0 Å². The predicted molar refractivity (Wildman–Crippen MR) is 81.5 cm³/mol. The van der Waals surface area contributed by atoms with Crippen LogP contribution in [0.4, 0.5) is 0 Å². The van der Waals surface area contributed by atoms with Crippen molar-refractivity contribution in [3.05, 3.63) is 0 Å². The van der Waals surface area contributed by atoms with E-state index in [2.05, 4.69) is 22.8 Å². The summed E-state index contributed by atoms with van der Waals surface area (Å²) in [7, 11) is -23.9. The van der Waals surface area contributed by atoms with E-state index in [4.69, 9.17) is 19.6 Å². The first kappa shape index (κ1) is 48.3. The fourth-order valence-corrected chi connectivity index (χ4v) is 4.01. The Bertz CT molecular complexity index is 846. The smallest absolute Gasteiger partial charge is 0.756 e. The molecule has 0 aromatic carbocycles. The van der Waals surface area contributed by atoms with Gasteiger partial charge in [-0.3, -0.25) is 23.1 Å². The van der Waals surface area contributed by atoms with Gasteiger partial charge in [0, 0.05) is 0 Å². The van der Waals surface area contributed by atoms with Gasteiger partial charge in [0.2, 0.25) is 0 Å². The average molecular weight is 630 g/mol.